The summed E-state index contributed by atoms with van der Waals surface area (Å²) < 4.78 is 31.5. The Bertz CT molecular complexity index is 2030. The summed E-state index contributed by atoms with van der Waals surface area (Å²) in [4.78, 5) is 32.7. The van der Waals surface area contributed by atoms with Gasteiger partial charge in [-0.25, -0.2) is 9.79 Å². The molecular weight excluding hydrogens is 684 g/mol. The van der Waals surface area contributed by atoms with E-state index in [2.05, 4.69) is 27.0 Å². The highest BCUT2D eigenvalue weighted by molar-refractivity contribution is 9.10. The number of allylic oxidation sites excluding steroid dienone is 1. The lowest BCUT2D eigenvalue weighted by molar-refractivity contribution is -0.139. The molecule has 9 nitrogen and oxygen atoms in total. The molecule has 0 amide bonds. The van der Waals surface area contributed by atoms with E-state index in [4.69, 9.17) is 23.7 Å². The summed E-state index contributed by atoms with van der Waals surface area (Å²) in [6, 6.07) is 16.4. The van der Waals surface area contributed by atoms with Crippen LogP contribution in [0.4, 0.5) is 0 Å². The van der Waals surface area contributed by atoms with Crippen molar-refractivity contribution < 1.29 is 28.5 Å². The smallest absolute Gasteiger partial charge is 0.338 e. The van der Waals surface area contributed by atoms with Gasteiger partial charge in [0.05, 0.1) is 53.2 Å². The Morgan fingerprint density at radius 3 is 2.49 bits per heavy atom. The molecule has 0 spiro atoms. The number of aromatic nitrogens is 1. The van der Waals surface area contributed by atoms with E-state index in [9.17, 15) is 9.59 Å². The minimum absolute atomic E-state index is 0.0722. The van der Waals surface area contributed by atoms with Crippen molar-refractivity contribution in [3.63, 3.8) is 0 Å². The van der Waals surface area contributed by atoms with Crippen molar-refractivity contribution in [2.45, 2.75) is 53.4 Å². The van der Waals surface area contributed by atoms with Crippen LogP contribution in [0.3, 0.4) is 0 Å². The second-order valence-electron chi connectivity index (χ2n) is 11.2. The summed E-state index contributed by atoms with van der Waals surface area (Å²) >= 11 is 4.87. The first-order valence-corrected chi connectivity index (χ1v) is 16.8. The number of carbonyl (C=O) groups excluding carboxylic acids is 1. The molecular formula is C36H37BrN2O7S. The SMILES string of the molecule is CCOC(=O)C1=C(C)N=c2s/c(=C\c3cc(Br)c(OCc4cccc(C)c4)c(OC)c3)c(=O)n2[C@@H]1c1ccc(OC(C)C)c(OC)c1. The molecule has 246 valence electrons. The number of thiazole rings is 1. The molecule has 47 heavy (non-hydrogen) atoms. The summed E-state index contributed by atoms with van der Waals surface area (Å²) in [5, 5.41) is 0. The van der Waals surface area contributed by atoms with Gasteiger partial charge < -0.3 is 23.7 Å². The lowest BCUT2D eigenvalue weighted by Crippen LogP contribution is -2.40. The highest BCUT2D eigenvalue weighted by atomic mass is 79.9. The number of hydrogen-bond acceptors (Lipinski definition) is 9. The van der Waals surface area contributed by atoms with Crippen LogP contribution in [0, 0.1) is 6.92 Å². The largest absolute Gasteiger partial charge is 0.493 e. The molecule has 0 unspecified atom stereocenters. The lowest BCUT2D eigenvalue weighted by atomic mass is 9.95. The maximum atomic E-state index is 14.2. The molecule has 0 N–H and O–H groups in total. The molecule has 5 rings (SSSR count). The van der Waals surface area contributed by atoms with E-state index in [1.165, 1.54) is 11.3 Å². The van der Waals surface area contributed by atoms with E-state index in [1.54, 1.807) is 50.8 Å². The Kier molecular flexibility index (Phi) is 10.6. The number of halogens is 1. The van der Waals surface area contributed by atoms with Gasteiger partial charge in [0, 0.05) is 0 Å². The maximum Gasteiger partial charge on any atom is 0.338 e. The van der Waals surface area contributed by atoms with Gasteiger partial charge in [-0.15, -0.1) is 0 Å². The summed E-state index contributed by atoms with van der Waals surface area (Å²) in [7, 11) is 3.13. The fourth-order valence-electron chi connectivity index (χ4n) is 5.38. The number of methoxy groups -OCH3 is 2. The molecule has 0 fully saturated rings. The van der Waals surface area contributed by atoms with E-state index in [-0.39, 0.29) is 23.8 Å². The van der Waals surface area contributed by atoms with Gasteiger partial charge >= 0.3 is 5.97 Å². The number of benzene rings is 3. The third-order valence-electron chi connectivity index (χ3n) is 7.40. The van der Waals surface area contributed by atoms with E-state index in [0.29, 0.717) is 54.7 Å². The first-order chi connectivity index (χ1) is 22.5. The summed E-state index contributed by atoms with van der Waals surface area (Å²) in [6.07, 6.45) is 1.71. The van der Waals surface area contributed by atoms with Crippen molar-refractivity contribution in [3.05, 3.63) is 112 Å². The van der Waals surface area contributed by atoms with Crippen LogP contribution < -0.4 is 33.8 Å². The van der Waals surface area contributed by atoms with Crippen molar-refractivity contribution >= 4 is 39.3 Å². The van der Waals surface area contributed by atoms with Gasteiger partial charge in [0.2, 0.25) is 0 Å². The first kappa shape index (κ1) is 34.0. The zero-order valence-electron chi connectivity index (χ0n) is 27.4. The zero-order chi connectivity index (χ0) is 33.8. The van der Waals surface area contributed by atoms with Gasteiger partial charge in [0.15, 0.2) is 27.8 Å². The molecule has 1 aliphatic rings. The normalized spacial score (nSPS) is 14.5. The molecule has 1 atom stereocenters. The van der Waals surface area contributed by atoms with Gasteiger partial charge in [-0.2, -0.15) is 0 Å². The molecule has 0 bridgehead atoms. The number of ether oxygens (including phenoxy) is 5. The number of hydrogen-bond donors (Lipinski definition) is 0. The van der Waals surface area contributed by atoms with Crippen LogP contribution in [0.25, 0.3) is 6.08 Å². The predicted molar refractivity (Wildman–Crippen MR) is 185 cm³/mol. The maximum absolute atomic E-state index is 14.2. The number of fused-ring (bicyclic) bond motifs is 1. The van der Waals surface area contributed by atoms with Crippen LogP contribution in [0.15, 0.2) is 80.1 Å². The van der Waals surface area contributed by atoms with Gasteiger partial charge in [0.25, 0.3) is 5.56 Å². The number of aryl methyl sites for hydroxylation is 1. The Labute approximate surface area is 285 Å². The monoisotopic (exact) mass is 720 g/mol. The molecule has 4 aromatic rings. The Morgan fingerprint density at radius 1 is 1.04 bits per heavy atom. The van der Waals surface area contributed by atoms with Crippen molar-refractivity contribution in [2.24, 2.45) is 4.99 Å². The average molecular weight is 722 g/mol. The second-order valence-corrected chi connectivity index (χ2v) is 13.1. The van der Waals surface area contributed by atoms with E-state index >= 15 is 0 Å². The third kappa shape index (κ3) is 7.31. The molecule has 0 saturated carbocycles. The van der Waals surface area contributed by atoms with Gasteiger partial charge in [-0.05, 0) is 97.6 Å². The quantitative estimate of drug-likeness (QED) is 0.169. The van der Waals surface area contributed by atoms with E-state index in [1.807, 2.05) is 57.2 Å². The molecule has 0 aliphatic carbocycles. The van der Waals surface area contributed by atoms with Crippen LogP contribution >= 0.6 is 27.3 Å². The third-order valence-corrected chi connectivity index (χ3v) is 8.97. The zero-order valence-corrected chi connectivity index (χ0v) is 29.8. The average Bonchev–Trinajstić information content (AvgIpc) is 3.33. The lowest BCUT2D eigenvalue weighted by Gasteiger charge is -2.25. The van der Waals surface area contributed by atoms with E-state index in [0.717, 1.165) is 16.7 Å². The molecule has 11 heteroatoms. The predicted octanol–water partition coefficient (Wildman–Crippen LogP) is 6.25. The fourth-order valence-corrected chi connectivity index (χ4v) is 7.01. The van der Waals surface area contributed by atoms with Crippen LogP contribution in [-0.2, 0) is 16.1 Å². The molecule has 0 radical (unpaired) electrons. The van der Waals surface area contributed by atoms with Crippen molar-refractivity contribution in [1.82, 2.24) is 4.57 Å². The Morgan fingerprint density at radius 2 is 1.81 bits per heavy atom. The summed E-state index contributed by atoms with van der Waals surface area (Å²) in [5.41, 5.74) is 4.02. The fraction of sp³-hybridized carbons (Fsp3) is 0.306. The molecule has 1 aromatic heterocycles. The number of carbonyl (C=O) groups is 1. The van der Waals surface area contributed by atoms with Gasteiger partial charge in [0.1, 0.15) is 6.61 Å². The summed E-state index contributed by atoms with van der Waals surface area (Å²) in [5.74, 6) is 1.58. The highest BCUT2D eigenvalue weighted by Crippen LogP contribution is 2.38. The van der Waals surface area contributed by atoms with Gasteiger partial charge in [-0.1, -0.05) is 47.2 Å². The number of esters is 1. The highest BCUT2D eigenvalue weighted by Gasteiger charge is 2.34. The number of rotatable bonds is 11. The number of nitrogens with zero attached hydrogens (tertiary/aromatic N) is 2. The summed E-state index contributed by atoms with van der Waals surface area (Å²) in [6.45, 7) is 9.93. The minimum Gasteiger partial charge on any atom is -0.493 e. The van der Waals surface area contributed by atoms with Crippen molar-refractivity contribution in [3.8, 4) is 23.0 Å². The Balaban J connectivity index is 1.60. The molecule has 3 aromatic carbocycles. The van der Waals surface area contributed by atoms with Crippen LogP contribution in [-0.4, -0.2) is 37.5 Å². The topological polar surface area (TPSA) is 97.6 Å². The van der Waals surface area contributed by atoms with Crippen LogP contribution in [0.2, 0.25) is 0 Å². The van der Waals surface area contributed by atoms with Gasteiger partial charge in [-0.3, -0.25) is 9.36 Å². The second kappa shape index (κ2) is 14.6. The van der Waals surface area contributed by atoms with Crippen molar-refractivity contribution in [2.75, 3.05) is 20.8 Å². The molecule has 0 saturated heterocycles. The minimum atomic E-state index is -0.798. The Hall–Kier alpha value is -4.35. The first-order valence-electron chi connectivity index (χ1n) is 15.1. The standard InChI is InChI=1S/C36H37BrN2O7S/c1-8-44-35(41)31-22(5)38-36-39(32(31)25-12-13-27(46-20(2)3)28(18-25)42-6)34(40)30(47-36)17-24-15-26(37)33(29(16-24)43-7)45-19-23-11-9-10-21(4)14-23/h9-18,20,32H,8,19H2,1-7H3/b30-17-/t32-/m1/s1. The van der Waals surface area contributed by atoms with Crippen LogP contribution in [0.1, 0.15) is 56.0 Å². The molecule has 1 aliphatic heterocycles. The van der Waals surface area contributed by atoms with E-state index < -0.39 is 12.0 Å². The van der Waals surface area contributed by atoms with Crippen molar-refractivity contribution in [1.29, 1.82) is 0 Å². The van der Waals surface area contributed by atoms with Crippen LogP contribution in [0.5, 0.6) is 23.0 Å². The molecule has 2 heterocycles.